The number of aliphatic hydroxyl groups is 1. The SMILES string of the molecule is CC1(C)OC(=O)c2ccc(Nc3ncc(-c4nnc(CCNCCOCCOCCNc5ccc6c(c5)C(=O)N(C5CCC(=O)NC5=O)C6=O)o4)c(N[C@H](CO)c4ccccc4)n3)cc21. The molecule has 5 aromatic rings. The van der Waals surface area contributed by atoms with Gasteiger partial charge in [-0.15, -0.1) is 10.2 Å². The molecular weight excluding hydrogens is 841 g/mol. The van der Waals surface area contributed by atoms with Crippen molar-refractivity contribution in [3.8, 4) is 11.5 Å². The van der Waals surface area contributed by atoms with Gasteiger partial charge in [-0.2, -0.15) is 4.98 Å². The van der Waals surface area contributed by atoms with E-state index >= 15 is 0 Å². The average molecular weight is 889 g/mol. The van der Waals surface area contributed by atoms with Crippen molar-refractivity contribution < 1.29 is 47.7 Å². The first-order valence-electron chi connectivity index (χ1n) is 21.2. The summed E-state index contributed by atoms with van der Waals surface area (Å²) in [5.74, 6) is -1.34. The number of hydrogen-bond acceptors (Lipinski definition) is 18. The minimum absolute atomic E-state index is 0.0585. The van der Waals surface area contributed by atoms with Gasteiger partial charge in [-0.1, -0.05) is 30.3 Å². The number of anilines is 4. The van der Waals surface area contributed by atoms with Crippen LogP contribution < -0.4 is 26.6 Å². The molecule has 0 saturated carbocycles. The topological polar surface area (TPSA) is 261 Å². The van der Waals surface area contributed by atoms with Crippen molar-refractivity contribution in [1.82, 2.24) is 35.7 Å². The van der Waals surface area contributed by atoms with Crippen LogP contribution >= 0.6 is 0 Å². The maximum atomic E-state index is 13.1. The van der Waals surface area contributed by atoms with Crippen LogP contribution in [0.3, 0.4) is 0 Å². The zero-order valence-electron chi connectivity index (χ0n) is 35.7. The van der Waals surface area contributed by atoms with E-state index in [0.717, 1.165) is 16.0 Å². The lowest BCUT2D eigenvalue weighted by Crippen LogP contribution is -2.54. The number of aromatic nitrogens is 4. The average Bonchev–Trinajstić information content (AvgIpc) is 3.94. The lowest BCUT2D eigenvalue weighted by molar-refractivity contribution is -0.136. The number of nitrogens with one attached hydrogen (secondary N) is 5. The molecule has 65 heavy (non-hydrogen) atoms. The molecule has 0 radical (unpaired) electrons. The van der Waals surface area contributed by atoms with Crippen LogP contribution in [0, 0.1) is 0 Å². The number of rotatable bonds is 21. The van der Waals surface area contributed by atoms with Gasteiger partial charge in [0.1, 0.15) is 17.5 Å². The fourth-order valence-corrected chi connectivity index (χ4v) is 7.66. The molecule has 0 aliphatic carbocycles. The predicted molar refractivity (Wildman–Crippen MR) is 233 cm³/mol. The standard InChI is InChI=1S/C45H48N10O10/c1-45(2)33-23-28(9-11-30(33)43(61)65-45)49-44-48-24-32(38(52-44)50-34(25-56)26-6-4-3-5-7-26)40-54-53-37(64-40)14-15-46-16-18-62-20-21-63-19-17-47-27-8-10-29-31(22-27)42(60)55(41(29)59)35-12-13-36(57)51-39(35)58/h3-11,22-24,34-35,46-47,56H,12-21,25H2,1-2H3,(H,51,57,58)(H2,48,49,50,52)/t34-,35?/m1/s1. The van der Waals surface area contributed by atoms with Crippen LogP contribution in [0.5, 0.6) is 0 Å². The van der Waals surface area contributed by atoms with E-state index in [9.17, 15) is 29.1 Å². The fourth-order valence-electron chi connectivity index (χ4n) is 7.66. The Morgan fingerprint density at radius 2 is 1.62 bits per heavy atom. The predicted octanol–water partition coefficient (Wildman–Crippen LogP) is 3.50. The lowest BCUT2D eigenvalue weighted by Gasteiger charge is -2.27. The van der Waals surface area contributed by atoms with Gasteiger partial charge < -0.3 is 45.0 Å². The first-order chi connectivity index (χ1) is 31.5. The number of benzene rings is 3. The maximum absolute atomic E-state index is 13.1. The number of fused-ring (bicyclic) bond motifs is 2. The number of aliphatic hydroxyl groups excluding tert-OH is 1. The quantitative estimate of drug-likeness (QED) is 0.0350. The second kappa shape index (κ2) is 19.7. The van der Waals surface area contributed by atoms with Gasteiger partial charge in [0.25, 0.3) is 17.7 Å². The molecule has 338 valence electrons. The van der Waals surface area contributed by atoms with Gasteiger partial charge in [-0.25, -0.2) is 9.78 Å². The number of carbonyl (C=O) groups is 5. The molecular formula is C45H48N10O10. The van der Waals surface area contributed by atoms with E-state index < -0.39 is 41.3 Å². The van der Waals surface area contributed by atoms with Gasteiger partial charge in [0, 0.05) is 55.6 Å². The molecule has 20 heteroatoms. The van der Waals surface area contributed by atoms with Crippen molar-refractivity contribution in [2.75, 3.05) is 68.6 Å². The van der Waals surface area contributed by atoms with E-state index in [1.165, 1.54) is 0 Å². The lowest BCUT2D eigenvalue weighted by atomic mass is 9.95. The Kier molecular flexibility index (Phi) is 13.5. The summed E-state index contributed by atoms with van der Waals surface area (Å²) >= 11 is 0. The fraction of sp³-hybridized carbons (Fsp3) is 0.356. The van der Waals surface area contributed by atoms with Crippen LogP contribution in [0.2, 0.25) is 0 Å². The van der Waals surface area contributed by atoms with Crippen molar-refractivity contribution >= 4 is 52.7 Å². The van der Waals surface area contributed by atoms with Crippen LogP contribution in [-0.4, -0.2) is 118 Å². The van der Waals surface area contributed by atoms with Crippen molar-refractivity contribution in [3.63, 3.8) is 0 Å². The highest BCUT2D eigenvalue weighted by Crippen LogP contribution is 2.38. The number of carbonyl (C=O) groups excluding carboxylic acids is 5. The van der Waals surface area contributed by atoms with E-state index in [4.69, 9.17) is 23.6 Å². The molecule has 20 nitrogen and oxygen atoms in total. The Balaban J connectivity index is 0.763. The van der Waals surface area contributed by atoms with Gasteiger partial charge in [-0.3, -0.25) is 29.4 Å². The molecule has 3 aliphatic rings. The maximum Gasteiger partial charge on any atom is 0.339 e. The van der Waals surface area contributed by atoms with Crippen molar-refractivity contribution in [1.29, 1.82) is 0 Å². The highest BCUT2D eigenvalue weighted by atomic mass is 16.6. The van der Waals surface area contributed by atoms with E-state index in [1.807, 2.05) is 50.2 Å². The summed E-state index contributed by atoms with van der Waals surface area (Å²) < 4.78 is 22.9. The number of amides is 4. The van der Waals surface area contributed by atoms with Crippen molar-refractivity contribution in [2.45, 2.75) is 50.8 Å². The van der Waals surface area contributed by atoms with Crippen LogP contribution in [0.1, 0.15) is 80.8 Å². The first-order valence-corrected chi connectivity index (χ1v) is 21.2. The minimum Gasteiger partial charge on any atom is -0.451 e. The number of esters is 1. The molecule has 2 aromatic heterocycles. The highest BCUT2D eigenvalue weighted by molar-refractivity contribution is 6.23. The Bertz CT molecular complexity index is 2590. The number of piperidine rings is 1. The molecule has 2 atom stereocenters. The number of ether oxygens (including phenoxy) is 3. The van der Waals surface area contributed by atoms with Crippen LogP contribution in [0.4, 0.5) is 23.1 Å². The third kappa shape index (κ3) is 10.2. The van der Waals surface area contributed by atoms with Gasteiger partial charge in [0.15, 0.2) is 0 Å². The molecule has 6 N–H and O–H groups in total. The molecule has 1 unspecified atom stereocenters. The zero-order valence-corrected chi connectivity index (χ0v) is 35.7. The third-order valence-electron chi connectivity index (χ3n) is 11.0. The van der Waals surface area contributed by atoms with E-state index in [2.05, 4.69) is 41.8 Å². The molecule has 4 amide bonds. The van der Waals surface area contributed by atoms with E-state index in [1.54, 1.807) is 36.5 Å². The molecule has 1 fully saturated rings. The summed E-state index contributed by atoms with van der Waals surface area (Å²) in [6.07, 6.45) is 2.17. The summed E-state index contributed by atoms with van der Waals surface area (Å²) in [4.78, 5) is 72.3. The van der Waals surface area contributed by atoms with Gasteiger partial charge in [-0.05, 0) is 62.2 Å². The summed E-state index contributed by atoms with van der Waals surface area (Å²) in [7, 11) is 0. The molecule has 5 heterocycles. The van der Waals surface area contributed by atoms with Crippen LogP contribution in [-0.2, 0) is 35.8 Å². The van der Waals surface area contributed by atoms with Gasteiger partial charge in [0.2, 0.25) is 23.7 Å². The van der Waals surface area contributed by atoms with Crippen LogP contribution in [0.15, 0.2) is 77.3 Å². The molecule has 0 bridgehead atoms. The molecule has 3 aliphatic heterocycles. The monoisotopic (exact) mass is 888 g/mol. The summed E-state index contributed by atoms with van der Waals surface area (Å²) in [5, 5.41) is 34.0. The number of nitrogens with zero attached hydrogens (tertiary/aromatic N) is 5. The molecule has 1 saturated heterocycles. The number of cyclic esters (lactones) is 1. The zero-order chi connectivity index (χ0) is 45.5. The summed E-state index contributed by atoms with van der Waals surface area (Å²) in [6.45, 7) is 6.58. The molecule has 8 rings (SSSR count). The number of imide groups is 2. The Morgan fingerprint density at radius 3 is 2.40 bits per heavy atom. The molecule has 3 aromatic carbocycles. The Morgan fingerprint density at radius 1 is 0.862 bits per heavy atom. The largest absolute Gasteiger partial charge is 0.451 e. The summed E-state index contributed by atoms with van der Waals surface area (Å²) in [6, 6.07) is 18.1. The minimum atomic E-state index is -1.01. The van der Waals surface area contributed by atoms with Crippen molar-refractivity contribution in [3.05, 3.63) is 107 Å². The van der Waals surface area contributed by atoms with Crippen molar-refractivity contribution in [2.24, 2.45) is 0 Å². The highest BCUT2D eigenvalue weighted by Gasteiger charge is 2.44. The van der Waals surface area contributed by atoms with E-state index in [0.29, 0.717) is 86.7 Å². The first kappa shape index (κ1) is 44.5. The molecule has 0 spiro atoms. The third-order valence-corrected chi connectivity index (χ3v) is 11.0. The van der Waals surface area contributed by atoms with Gasteiger partial charge in [0.05, 0.1) is 61.3 Å². The second-order valence-electron chi connectivity index (χ2n) is 15.9. The van der Waals surface area contributed by atoms with Gasteiger partial charge >= 0.3 is 5.97 Å². The second-order valence-corrected chi connectivity index (χ2v) is 15.9. The Labute approximate surface area is 372 Å². The Hall–Kier alpha value is -7.13. The smallest absolute Gasteiger partial charge is 0.339 e. The summed E-state index contributed by atoms with van der Waals surface area (Å²) in [5.41, 5.74) is 3.47. The normalized spacial score (nSPS) is 16.8. The van der Waals surface area contributed by atoms with E-state index in [-0.39, 0.29) is 48.4 Å². The number of hydrogen-bond donors (Lipinski definition) is 6. The van der Waals surface area contributed by atoms with Crippen LogP contribution in [0.25, 0.3) is 11.5 Å².